The summed E-state index contributed by atoms with van der Waals surface area (Å²) in [4.78, 5) is 20.3. The third-order valence-corrected chi connectivity index (χ3v) is 7.61. The van der Waals surface area contributed by atoms with Crippen molar-refractivity contribution in [1.29, 1.82) is 0 Å². The van der Waals surface area contributed by atoms with E-state index < -0.39 is 0 Å². The van der Waals surface area contributed by atoms with Crippen LogP contribution in [0.2, 0.25) is 0 Å². The summed E-state index contributed by atoms with van der Waals surface area (Å²) in [6.45, 7) is 9.88. The second kappa shape index (κ2) is 11.5. The Hall–Kier alpha value is -2.88. The monoisotopic (exact) mass is 683 g/mol. The van der Waals surface area contributed by atoms with Crippen LogP contribution in [-0.4, -0.2) is 21.8 Å². The first-order valence-electron chi connectivity index (χ1n) is 13.8. The van der Waals surface area contributed by atoms with Gasteiger partial charge in [-0.3, -0.25) is 9.78 Å². The summed E-state index contributed by atoms with van der Waals surface area (Å²) < 4.78 is 7.49. The van der Waals surface area contributed by atoms with E-state index in [1.165, 1.54) is 59.0 Å². The van der Waals surface area contributed by atoms with E-state index in [-0.39, 0.29) is 37.4 Å². The fourth-order valence-corrected chi connectivity index (χ4v) is 5.88. The van der Waals surface area contributed by atoms with Gasteiger partial charge >= 0.3 is 0 Å². The van der Waals surface area contributed by atoms with Gasteiger partial charge in [-0.25, -0.2) is 0 Å². The van der Waals surface area contributed by atoms with Crippen molar-refractivity contribution in [2.45, 2.75) is 78.2 Å². The molecule has 1 saturated carbocycles. The van der Waals surface area contributed by atoms with Gasteiger partial charge in [0.2, 0.25) is 0 Å². The molecular formula is C33H35IrN3O-2. The predicted octanol–water partition coefficient (Wildman–Crippen LogP) is 8.38. The molecule has 2 aliphatic rings. The topological polar surface area (TPSA) is 57.0 Å². The van der Waals surface area contributed by atoms with E-state index in [0.29, 0.717) is 11.7 Å². The van der Waals surface area contributed by atoms with E-state index in [9.17, 15) is 4.79 Å². The number of hydrogen-bond donors (Lipinski definition) is 0. The number of aryl methyl sites for hydroxylation is 1. The molecule has 0 unspecified atom stereocenters. The molecule has 5 heteroatoms. The number of nitrogens with zero attached hydrogens (tertiary/aromatic N) is 3. The molecule has 2 aromatic carbocycles. The third kappa shape index (κ3) is 5.46. The number of rotatable bonds is 3. The SMILES string of the molecule is Cc1ccc2cnc3c(c2c1)C(C)(C)c1cncc2cc[c-]c-3c12.[2H]/C(C(C)=O)=C(\C)[N-]C1CCCCC1.[Ir]. The van der Waals surface area contributed by atoms with Gasteiger partial charge in [0.1, 0.15) is 0 Å². The minimum Gasteiger partial charge on any atom is -0.685 e. The van der Waals surface area contributed by atoms with Crippen molar-refractivity contribution in [3.8, 4) is 11.3 Å². The Morgan fingerprint density at radius 3 is 2.61 bits per heavy atom. The van der Waals surface area contributed by atoms with Crippen molar-refractivity contribution in [1.82, 2.24) is 9.97 Å². The number of hydrogen-bond acceptors (Lipinski definition) is 3. The second-order valence-corrected chi connectivity index (χ2v) is 10.9. The zero-order chi connectivity index (χ0) is 27.0. The minimum absolute atomic E-state index is 0. The van der Waals surface area contributed by atoms with Crippen molar-refractivity contribution >= 4 is 27.3 Å². The Morgan fingerprint density at radius 2 is 1.87 bits per heavy atom. The fraction of sp³-hybridized carbons (Fsp3) is 0.364. The maximum Gasteiger partial charge on any atom is 0.151 e. The molecule has 2 aromatic heterocycles. The van der Waals surface area contributed by atoms with Crippen molar-refractivity contribution in [3.63, 3.8) is 0 Å². The number of benzene rings is 2. The third-order valence-electron chi connectivity index (χ3n) is 7.61. The fourth-order valence-electron chi connectivity index (χ4n) is 5.88. The molecule has 0 N–H and O–H groups in total. The number of allylic oxidation sites excluding steroid dienone is 2. The van der Waals surface area contributed by atoms with Crippen LogP contribution in [0.15, 0.2) is 60.7 Å². The van der Waals surface area contributed by atoms with Crippen LogP contribution in [0.25, 0.3) is 38.1 Å². The minimum atomic E-state index is -0.193. The summed E-state index contributed by atoms with van der Waals surface area (Å²) in [5, 5.41) is 9.30. The van der Waals surface area contributed by atoms with E-state index >= 15 is 0 Å². The molecule has 6 rings (SSSR count). The van der Waals surface area contributed by atoms with Crippen LogP contribution in [-0.2, 0) is 30.3 Å². The van der Waals surface area contributed by atoms with Crippen molar-refractivity contribution in [2.75, 3.05) is 0 Å². The molecule has 1 fully saturated rings. The molecule has 0 amide bonds. The van der Waals surface area contributed by atoms with Crippen LogP contribution in [0.5, 0.6) is 0 Å². The van der Waals surface area contributed by atoms with Gasteiger partial charge < -0.3 is 10.3 Å². The van der Waals surface area contributed by atoms with Crippen LogP contribution >= 0.6 is 0 Å². The second-order valence-electron chi connectivity index (χ2n) is 10.9. The van der Waals surface area contributed by atoms with Gasteiger partial charge in [-0.05, 0) is 41.9 Å². The molecule has 0 bridgehead atoms. The summed E-state index contributed by atoms with van der Waals surface area (Å²) >= 11 is 0. The molecule has 38 heavy (non-hydrogen) atoms. The number of ketones is 1. The zero-order valence-electron chi connectivity index (χ0n) is 23.8. The molecule has 4 nitrogen and oxygen atoms in total. The predicted molar refractivity (Wildman–Crippen MR) is 153 cm³/mol. The maximum absolute atomic E-state index is 10.9. The average molecular weight is 683 g/mol. The number of fused-ring (bicyclic) bond motifs is 4. The quantitative estimate of drug-likeness (QED) is 0.161. The van der Waals surface area contributed by atoms with E-state index in [0.717, 1.165) is 29.5 Å². The van der Waals surface area contributed by atoms with Gasteiger partial charge in [0, 0.05) is 44.1 Å². The standard InChI is InChI=1S/C22H17N2.C11H19NO.Ir/c1-13-7-8-14-11-24-21-16-6-4-5-15-10-23-12-18(19(15)16)22(2,3)20(21)17(14)9-13;1-9(8-10(2)13)12-11-6-4-3-5-7-11;/h4-5,7-12H,1-3H3;8,11H,3-7H2,1-2H3,(H,12,13);/q-1;;/p-1/i;8D;. The van der Waals surface area contributed by atoms with Crippen LogP contribution in [0.3, 0.4) is 0 Å². The number of carbonyl (C=O) groups excluding carboxylic acids is 1. The van der Waals surface area contributed by atoms with Gasteiger partial charge in [-0.15, -0.1) is 29.8 Å². The van der Waals surface area contributed by atoms with Gasteiger partial charge in [0.25, 0.3) is 0 Å². The molecule has 0 aliphatic heterocycles. The van der Waals surface area contributed by atoms with Crippen LogP contribution in [0.4, 0.5) is 0 Å². The zero-order valence-corrected chi connectivity index (χ0v) is 25.2. The van der Waals surface area contributed by atoms with Gasteiger partial charge in [-0.1, -0.05) is 93.0 Å². The molecule has 0 saturated heterocycles. The van der Waals surface area contributed by atoms with Crippen molar-refractivity contribution in [3.05, 3.63) is 88.7 Å². The van der Waals surface area contributed by atoms with Crippen LogP contribution < -0.4 is 0 Å². The first kappa shape index (κ1) is 26.7. The molecule has 0 atom stereocenters. The van der Waals surface area contributed by atoms with Crippen molar-refractivity contribution < 1.29 is 26.3 Å². The molecule has 1 radical (unpaired) electrons. The molecular weight excluding hydrogens is 647 g/mol. The average Bonchev–Trinajstić information content (AvgIpc) is 2.91. The van der Waals surface area contributed by atoms with E-state index in [1.54, 1.807) is 6.92 Å². The number of aromatic nitrogens is 2. The summed E-state index contributed by atoms with van der Waals surface area (Å²) in [5.41, 5.74) is 6.42. The largest absolute Gasteiger partial charge is 0.685 e. The van der Waals surface area contributed by atoms with Crippen LogP contribution in [0, 0.1) is 13.0 Å². The van der Waals surface area contributed by atoms with Gasteiger partial charge in [0.15, 0.2) is 5.78 Å². The maximum atomic E-state index is 10.9. The molecule has 0 spiro atoms. The summed E-state index contributed by atoms with van der Waals surface area (Å²) in [5.74, 6) is -0.193. The summed E-state index contributed by atoms with van der Waals surface area (Å²) in [6, 6.07) is 14.5. The van der Waals surface area contributed by atoms with Gasteiger partial charge in [-0.2, -0.15) is 5.70 Å². The van der Waals surface area contributed by atoms with Gasteiger partial charge in [0.05, 0.1) is 1.37 Å². The first-order valence-corrected chi connectivity index (χ1v) is 13.3. The normalized spacial score (nSPS) is 16.8. The Morgan fingerprint density at radius 1 is 1.11 bits per heavy atom. The van der Waals surface area contributed by atoms with Crippen LogP contribution in [0.1, 0.15) is 77.9 Å². The Labute approximate surface area is 241 Å². The summed E-state index contributed by atoms with van der Waals surface area (Å²) in [6.07, 6.45) is 11.9. The smallest absolute Gasteiger partial charge is 0.151 e. The number of pyridine rings is 2. The van der Waals surface area contributed by atoms with E-state index in [2.05, 4.69) is 61.4 Å². The Bertz CT molecular complexity index is 1570. The molecule has 2 heterocycles. The Kier molecular flexibility index (Phi) is 8.06. The van der Waals surface area contributed by atoms with Crippen molar-refractivity contribution in [2.24, 2.45) is 0 Å². The molecule has 4 aromatic rings. The first-order chi connectivity index (χ1) is 18.2. The molecule has 199 valence electrons. The Balaban J connectivity index is 0.000000204. The number of carbonyl (C=O) groups is 1. The van der Waals surface area contributed by atoms with E-state index in [1.807, 2.05) is 24.7 Å². The summed E-state index contributed by atoms with van der Waals surface area (Å²) in [7, 11) is 0. The molecule has 2 aliphatic carbocycles. The van der Waals surface area contributed by atoms with E-state index in [4.69, 9.17) is 6.35 Å².